The van der Waals surface area contributed by atoms with E-state index in [-0.39, 0.29) is 12.4 Å². The Bertz CT molecular complexity index is 425. The summed E-state index contributed by atoms with van der Waals surface area (Å²) in [5.41, 5.74) is 0.791. The van der Waals surface area contributed by atoms with Gasteiger partial charge < -0.3 is 10.1 Å². The third kappa shape index (κ3) is 4.47. The predicted octanol–water partition coefficient (Wildman–Crippen LogP) is 3.49. The van der Waals surface area contributed by atoms with Crippen molar-refractivity contribution in [2.75, 3.05) is 19.0 Å². The van der Waals surface area contributed by atoms with Crippen molar-refractivity contribution in [3.63, 3.8) is 0 Å². The molecule has 0 amide bonds. The fourth-order valence-corrected chi connectivity index (χ4v) is 3.49. The molecule has 0 bridgehead atoms. The van der Waals surface area contributed by atoms with Gasteiger partial charge in [-0.05, 0) is 24.7 Å². The van der Waals surface area contributed by atoms with Crippen LogP contribution in [0.2, 0.25) is 0 Å². The number of aromatic nitrogens is 1. The van der Waals surface area contributed by atoms with E-state index in [0.717, 1.165) is 29.2 Å². The molecule has 20 heavy (non-hydrogen) atoms. The summed E-state index contributed by atoms with van der Waals surface area (Å²) in [4.78, 5) is 15.6. The fraction of sp³-hybridized carbons (Fsp3) is 0.733. The number of methoxy groups -OCH3 is 1. The second-order valence-corrected chi connectivity index (χ2v) is 6.43. The first-order chi connectivity index (χ1) is 9.71. The van der Waals surface area contributed by atoms with Gasteiger partial charge in [0.25, 0.3) is 0 Å². The van der Waals surface area contributed by atoms with Crippen molar-refractivity contribution in [1.82, 2.24) is 4.98 Å². The number of carbonyl (C=O) groups is 1. The third-order valence-corrected chi connectivity index (χ3v) is 5.04. The average molecular weight is 296 g/mol. The highest BCUT2D eigenvalue weighted by atomic mass is 32.1. The van der Waals surface area contributed by atoms with Crippen molar-refractivity contribution >= 4 is 22.4 Å². The molecule has 1 saturated carbocycles. The largest absolute Gasteiger partial charge is 0.469 e. The monoisotopic (exact) mass is 296 g/mol. The first kappa shape index (κ1) is 15.3. The van der Waals surface area contributed by atoms with Crippen molar-refractivity contribution in [2.45, 2.75) is 45.4 Å². The zero-order valence-corrected chi connectivity index (χ0v) is 13.2. The summed E-state index contributed by atoms with van der Waals surface area (Å²) in [5, 5.41) is 6.26. The van der Waals surface area contributed by atoms with Gasteiger partial charge in [0, 0.05) is 11.9 Å². The standard InChI is InChI=1S/C15H24N2O2S/c1-3-11-4-6-12(7-5-11)9-16-15-17-13(10-20-15)8-14(18)19-2/h10-12H,3-9H2,1-2H3,(H,16,17). The lowest BCUT2D eigenvalue weighted by Gasteiger charge is -2.27. The van der Waals surface area contributed by atoms with Gasteiger partial charge in [-0.3, -0.25) is 4.79 Å². The van der Waals surface area contributed by atoms with E-state index in [4.69, 9.17) is 0 Å². The molecular formula is C15H24N2O2S. The van der Waals surface area contributed by atoms with Crippen LogP contribution in [0.1, 0.15) is 44.7 Å². The zero-order chi connectivity index (χ0) is 14.4. The molecule has 0 unspecified atom stereocenters. The molecule has 2 rings (SSSR count). The minimum atomic E-state index is -0.236. The Morgan fingerprint density at radius 1 is 1.40 bits per heavy atom. The Kier molecular flexibility index (Phi) is 5.83. The maximum absolute atomic E-state index is 11.2. The molecule has 0 radical (unpaired) electrons. The molecule has 0 aromatic carbocycles. The van der Waals surface area contributed by atoms with Crippen LogP contribution in [0.3, 0.4) is 0 Å². The SMILES string of the molecule is CCC1CCC(CNc2nc(CC(=O)OC)cs2)CC1. The average Bonchev–Trinajstić information content (AvgIpc) is 2.93. The van der Waals surface area contributed by atoms with Gasteiger partial charge in [0.2, 0.25) is 0 Å². The fourth-order valence-electron chi connectivity index (χ4n) is 2.76. The van der Waals surface area contributed by atoms with Crippen LogP contribution in [-0.2, 0) is 16.0 Å². The summed E-state index contributed by atoms with van der Waals surface area (Å²) in [7, 11) is 1.40. The number of hydrogen-bond donors (Lipinski definition) is 1. The molecule has 1 fully saturated rings. The quantitative estimate of drug-likeness (QED) is 0.816. The molecule has 1 N–H and O–H groups in total. The second kappa shape index (κ2) is 7.62. The molecule has 0 atom stereocenters. The van der Waals surface area contributed by atoms with Gasteiger partial charge >= 0.3 is 5.97 Å². The number of hydrogen-bond acceptors (Lipinski definition) is 5. The maximum atomic E-state index is 11.2. The van der Waals surface area contributed by atoms with Gasteiger partial charge in [0.15, 0.2) is 5.13 Å². The smallest absolute Gasteiger partial charge is 0.311 e. The molecule has 1 aliphatic carbocycles. The van der Waals surface area contributed by atoms with Gasteiger partial charge in [-0.2, -0.15) is 0 Å². The van der Waals surface area contributed by atoms with Crippen molar-refractivity contribution < 1.29 is 9.53 Å². The number of carbonyl (C=O) groups excluding carboxylic acids is 1. The minimum absolute atomic E-state index is 0.236. The Labute approximate surface area is 124 Å². The number of rotatable bonds is 6. The van der Waals surface area contributed by atoms with Crippen LogP contribution in [0.15, 0.2) is 5.38 Å². The van der Waals surface area contributed by atoms with Crippen LogP contribution >= 0.6 is 11.3 Å². The summed E-state index contributed by atoms with van der Waals surface area (Å²) in [5.74, 6) is 1.48. The summed E-state index contributed by atoms with van der Waals surface area (Å²) in [6.45, 7) is 3.29. The van der Waals surface area contributed by atoms with E-state index in [1.165, 1.54) is 39.2 Å². The van der Waals surface area contributed by atoms with Crippen molar-refractivity contribution in [3.05, 3.63) is 11.1 Å². The number of anilines is 1. The van der Waals surface area contributed by atoms with Crippen LogP contribution in [0.5, 0.6) is 0 Å². The third-order valence-electron chi connectivity index (χ3n) is 4.19. The molecule has 0 aliphatic heterocycles. The molecule has 5 heteroatoms. The van der Waals surface area contributed by atoms with E-state index >= 15 is 0 Å². The molecule has 1 aliphatic rings. The number of nitrogens with one attached hydrogen (secondary N) is 1. The highest BCUT2D eigenvalue weighted by Gasteiger charge is 2.20. The van der Waals surface area contributed by atoms with Gasteiger partial charge in [0.1, 0.15) is 0 Å². The van der Waals surface area contributed by atoms with E-state index in [2.05, 4.69) is 22.0 Å². The summed E-state index contributed by atoms with van der Waals surface area (Å²) >= 11 is 1.57. The van der Waals surface area contributed by atoms with Gasteiger partial charge in [-0.1, -0.05) is 26.2 Å². The van der Waals surface area contributed by atoms with Crippen molar-refractivity contribution in [2.24, 2.45) is 11.8 Å². The van der Waals surface area contributed by atoms with Crippen LogP contribution < -0.4 is 5.32 Å². The van der Waals surface area contributed by atoms with E-state index in [1.807, 2.05) is 5.38 Å². The van der Waals surface area contributed by atoms with Crippen molar-refractivity contribution in [1.29, 1.82) is 0 Å². The highest BCUT2D eigenvalue weighted by Crippen LogP contribution is 2.30. The molecule has 0 saturated heterocycles. The summed E-state index contributed by atoms with van der Waals surface area (Å²) in [6.07, 6.45) is 6.97. The van der Waals surface area contributed by atoms with Crippen LogP contribution in [-0.4, -0.2) is 24.6 Å². The van der Waals surface area contributed by atoms with Crippen LogP contribution in [0, 0.1) is 11.8 Å². The normalized spacial score (nSPS) is 22.5. The van der Waals surface area contributed by atoms with E-state index < -0.39 is 0 Å². The van der Waals surface area contributed by atoms with Gasteiger partial charge in [-0.25, -0.2) is 4.98 Å². The second-order valence-electron chi connectivity index (χ2n) is 5.57. The lowest BCUT2D eigenvalue weighted by Crippen LogP contribution is -2.21. The molecule has 112 valence electrons. The molecule has 4 nitrogen and oxygen atoms in total. The Morgan fingerprint density at radius 3 is 2.75 bits per heavy atom. The lowest BCUT2D eigenvalue weighted by molar-refractivity contribution is -0.139. The maximum Gasteiger partial charge on any atom is 0.311 e. The Balaban J connectivity index is 1.73. The summed E-state index contributed by atoms with van der Waals surface area (Å²) < 4.78 is 4.64. The molecule has 1 aromatic rings. The van der Waals surface area contributed by atoms with E-state index in [9.17, 15) is 4.79 Å². The Morgan fingerprint density at radius 2 is 2.10 bits per heavy atom. The number of ether oxygens (including phenoxy) is 1. The van der Waals surface area contributed by atoms with E-state index in [1.54, 1.807) is 11.3 Å². The van der Waals surface area contributed by atoms with Crippen LogP contribution in [0.4, 0.5) is 5.13 Å². The molecule has 1 heterocycles. The predicted molar refractivity (Wildman–Crippen MR) is 82.1 cm³/mol. The number of nitrogens with zero attached hydrogens (tertiary/aromatic N) is 1. The van der Waals surface area contributed by atoms with Gasteiger partial charge in [0.05, 0.1) is 19.2 Å². The topological polar surface area (TPSA) is 51.2 Å². The van der Waals surface area contributed by atoms with Crippen LogP contribution in [0.25, 0.3) is 0 Å². The lowest BCUT2D eigenvalue weighted by atomic mass is 9.81. The molecule has 0 spiro atoms. The zero-order valence-electron chi connectivity index (χ0n) is 12.4. The van der Waals surface area contributed by atoms with Gasteiger partial charge in [-0.15, -0.1) is 11.3 Å². The Hall–Kier alpha value is -1.10. The minimum Gasteiger partial charge on any atom is -0.469 e. The number of thiazole rings is 1. The summed E-state index contributed by atoms with van der Waals surface area (Å²) in [6, 6.07) is 0. The first-order valence-electron chi connectivity index (χ1n) is 7.46. The van der Waals surface area contributed by atoms with Crippen molar-refractivity contribution in [3.8, 4) is 0 Å². The molecular weight excluding hydrogens is 272 g/mol. The highest BCUT2D eigenvalue weighted by molar-refractivity contribution is 7.13. The number of esters is 1. The first-order valence-corrected chi connectivity index (χ1v) is 8.34. The van der Waals surface area contributed by atoms with E-state index in [0.29, 0.717) is 0 Å². The molecule has 1 aromatic heterocycles.